The monoisotopic (exact) mass is 429 g/mol. The number of anilines is 1. The van der Waals surface area contributed by atoms with E-state index < -0.39 is 0 Å². The Kier molecular flexibility index (Phi) is 6.19. The number of hydrazone groups is 1. The van der Waals surface area contributed by atoms with Crippen molar-refractivity contribution in [3.63, 3.8) is 0 Å². The van der Waals surface area contributed by atoms with Gasteiger partial charge in [0, 0.05) is 40.7 Å². The molecule has 0 spiro atoms. The molecule has 0 saturated heterocycles. The van der Waals surface area contributed by atoms with Crippen LogP contribution in [0.1, 0.15) is 29.8 Å². The Hall–Kier alpha value is -3.37. The van der Waals surface area contributed by atoms with Crippen LogP contribution in [0.4, 0.5) is 5.69 Å². The average Bonchev–Trinajstić information content (AvgIpc) is 2.82. The molecule has 0 atom stereocenters. The predicted molar refractivity (Wildman–Crippen MR) is 132 cm³/mol. The van der Waals surface area contributed by atoms with Crippen molar-refractivity contribution in [1.82, 2.24) is 5.43 Å². The van der Waals surface area contributed by atoms with Crippen LogP contribution in [0, 0.1) is 0 Å². The molecule has 4 nitrogen and oxygen atoms in total. The summed E-state index contributed by atoms with van der Waals surface area (Å²) in [6.07, 6.45) is 1.70. The fourth-order valence-corrected chi connectivity index (χ4v) is 4.21. The van der Waals surface area contributed by atoms with Gasteiger partial charge in [-0.25, -0.2) is 5.43 Å². The highest BCUT2D eigenvalue weighted by Gasteiger charge is 2.11. The van der Waals surface area contributed by atoms with Crippen molar-refractivity contribution < 1.29 is 4.79 Å². The third kappa shape index (κ3) is 4.12. The lowest BCUT2D eigenvalue weighted by Crippen LogP contribution is -2.22. The van der Waals surface area contributed by atoms with Crippen LogP contribution in [0.15, 0.2) is 77.9 Å². The predicted octanol–water partition coefficient (Wildman–Crippen LogP) is 6.26. The molecule has 0 aliphatic rings. The maximum absolute atomic E-state index is 12.6. The molecule has 0 fully saturated rings. The zero-order valence-electron chi connectivity index (χ0n) is 17.6. The number of halogens is 1. The Morgan fingerprint density at radius 1 is 0.871 bits per heavy atom. The molecular formula is C26H24ClN3O. The van der Waals surface area contributed by atoms with Crippen LogP contribution in [0.3, 0.4) is 0 Å². The van der Waals surface area contributed by atoms with Crippen LogP contribution < -0.4 is 10.3 Å². The average molecular weight is 430 g/mol. The summed E-state index contributed by atoms with van der Waals surface area (Å²) in [6, 6.07) is 23.5. The van der Waals surface area contributed by atoms with Crippen LogP contribution in [-0.2, 0) is 0 Å². The van der Waals surface area contributed by atoms with Crippen molar-refractivity contribution in [2.45, 2.75) is 13.8 Å². The summed E-state index contributed by atoms with van der Waals surface area (Å²) in [5, 5.41) is 8.89. The summed E-state index contributed by atoms with van der Waals surface area (Å²) in [4.78, 5) is 14.8. The lowest BCUT2D eigenvalue weighted by Gasteiger charge is -2.20. The quantitative estimate of drug-likeness (QED) is 0.223. The maximum atomic E-state index is 12.6. The molecule has 0 aromatic heterocycles. The summed E-state index contributed by atoms with van der Waals surface area (Å²) in [6.45, 7) is 6.08. The molecule has 1 N–H and O–H groups in total. The second kappa shape index (κ2) is 9.19. The van der Waals surface area contributed by atoms with Gasteiger partial charge in [0.2, 0.25) is 0 Å². The van der Waals surface area contributed by atoms with Crippen LogP contribution in [0.2, 0.25) is 5.02 Å². The minimum absolute atomic E-state index is 0.245. The van der Waals surface area contributed by atoms with E-state index in [0.717, 1.165) is 50.9 Å². The van der Waals surface area contributed by atoms with Crippen LogP contribution in [0.25, 0.3) is 21.5 Å². The van der Waals surface area contributed by atoms with Crippen molar-refractivity contribution in [3.05, 3.63) is 88.9 Å². The van der Waals surface area contributed by atoms with Gasteiger partial charge in [-0.2, -0.15) is 5.10 Å². The Bertz CT molecular complexity index is 1200. The largest absolute Gasteiger partial charge is 0.372 e. The fourth-order valence-electron chi connectivity index (χ4n) is 3.88. The Balaban J connectivity index is 1.62. The minimum atomic E-state index is -0.245. The summed E-state index contributed by atoms with van der Waals surface area (Å²) in [5.41, 5.74) is 5.25. The molecule has 4 aromatic carbocycles. The maximum Gasteiger partial charge on any atom is 0.271 e. The van der Waals surface area contributed by atoms with E-state index in [2.05, 4.69) is 29.3 Å². The van der Waals surface area contributed by atoms with Gasteiger partial charge in [0.15, 0.2) is 0 Å². The smallest absolute Gasteiger partial charge is 0.271 e. The second-order valence-corrected chi connectivity index (χ2v) is 7.62. The zero-order chi connectivity index (χ0) is 21.8. The van der Waals surface area contributed by atoms with E-state index in [1.54, 1.807) is 6.21 Å². The lowest BCUT2D eigenvalue weighted by atomic mass is 9.97. The number of rotatable bonds is 6. The SMILES string of the molecule is CCN(CC)c1ccc(C(=O)N/N=C\c2c3ccccc3c(Cl)c3ccccc23)cc1. The minimum Gasteiger partial charge on any atom is -0.372 e. The fraction of sp³-hybridized carbons (Fsp3) is 0.154. The van der Waals surface area contributed by atoms with Gasteiger partial charge in [0.1, 0.15) is 0 Å². The van der Waals surface area contributed by atoms with Gasteiger partial charge in [0.25, 0.3) is 5.91 Å². The first-order valence-electron chi connectivity index (χ1n) is 10.4. The van der Waals surface area contributed by atoms with Crippen molar-refractivity contribution in [2.75, 3.05) is 18.0 Å². The zero-order valence-corrected chi connectivity index (χ0v) is 18.4. The first-order chi connectivity index (χ1) is 15.1. The molecule has 4 rings (SSSR count). The molecule has 156 valence electrons. The van der Waals surface area contributed by atoms with E-state index in [4.69, 9.17) is 11.6 Å². The highest BCUT2D eigenvalue weighted by molar-refractivity contribution is 6.42. The number of carbonyl (C=O) groups is 1. The van der Waals surface area contributed by atoms with E-state index in [9.17, 15) is 4.79 Å². The van der Waals surface area contributed by atoms with Crippen molar-refractivity contribution in [1.29, 1.82) is 0 Å². The van der Waals surface area contributed by atoms with Crippen LogP contribution in [-0.4, -0.2) is 25.2 Å². The summed E-state index contributed by atoms with van der Waals surface area (Å²) in [7, 11) is 0. The Morgan fingerprint density at radius 3 is 1.90 bits per heavy atom. The second-order valence-electron chi connectivity index (χ2n) is 7.24. The first kappa shape index (κ1) is 20.9. The molecule has 0 aliphatic heterocycles. The molecule has 4 aromatic rings. The van der Waals surface area contributed by atoms with Gasteiger partial charge in [-0.3, -0.25) is 4.79 Å². The lowest BCUT2D eigenvalue weighted by molar-refractivity contribution is 0.0955. The van der Waals surface area contributed by atoms with E-state index in [1.165, 1.54) is 0 Å². The molecule has 0 bridgehead atoms. The third-order valence-corrected chi connectivity index (χ3v) is 5.93. The molecule has 0 heterocycles. The van der Waals surface area contributed by atoms with E-state index in [-0.39, 0.29) is 5.91 Å². The number of fused-ring (bicyclic) bond motifs is 2. The number of nitrogens with one attached hydrogen (secondary N) is 1. The normalized spacial score (nSPS) is 11.3. The number of carbonyl (C=O) groups excluding carboxylic acids is 1. The van der Waals surface area contributed by atoms with Crippen LogP contribution in [0.5, 0.6) is 0 Å². The van der Waals surface area contributed by atoms with E-state index in [1.807, 2.05) is 72.8 Å². The van der Waals surface area contributed by atoms with Crippen molar-refractivity contribution in [3.8, 4) is 0 Å². The number of amides is 1. The molecule has 5 heteroatoms. The molecule has 1 amide bonds. The van der Waals surface area contributed by atoms with Gasteiger partial charge in [-0.1, -0.05) is 60.1 Å². The molecule has 0 saturated carbocycles. The van der Waals surface area contributed by atoms with E-state index in [0.29, 0.717) is 5.56 Å². The topological polar surface area (TPSA) is 44.7 Å². The third-order valence-electron chi connectivity index (χ3n) is 5.53. The van der Waals surface area contributed by atoms with Gasteiger partial charge >= 0.3 is 0 Å². The highest BCUT2D eigenvalue weighted by Crippen LogP contribution is 2.35. The first-order valence-corrected chi connectivity index (χ1v) is 10.8. The van der Waals surface area contributed by atoms with Gasteiger partial charge in [0.05, 0.1) is 11.2 Å². The Morgan fingerprint density at radius 2 is 1.39 bits per heavy atom. The van der Waals surface area contributed by atoms with Gasteiger partial charge in [-0.15, -0.1) is 0 Å². The summed E-state index contributed by atoms with van der Waals surface area (Å²) >= 11 is 6.65. The molecule has 31 heavy (non-hydrogen) atoms. The number of hydrogen-bond acceptors (Lipinski definition) is 3. The van der Waals surface area contributed by atoms with Crippen LogP contribution >= 0.6 is 11.6 Å². The molecule has 0 radical (unpaired) electrons. The number of hydrogen-bond donors (Lipinski definition) is 1. The molecule has 0 aliphatic carbocycles. The summed E-state index contributed by atoms with van der Waals surface area (Å²) in [5.74, 6) is -0.245. The summed E-state index contributed by atoms with van der Waals surface area (Å²) < 4.78 is 0. The van der Waals surface area contributed by atoms with E-state index >= 15 is 0 Å². The number of benzene rings is 4. The number of nitrogens with zero attached hydrogens (tertiary/aromatic N) is 2. The molecule has 0 unspecified atom stereocenters. The van der Waals surface area contributed by atoms with Gasteiger partial charge < -0.3 is 4.90 Å². The standard InChI is InChI=1S/C26H24ClN3O/c1-3-30(4-2)19-15-13-18(14-16-19)26(31)29-28-17-24-20-9-5-7-11-22(20)25(27)23-12-8-6-10-21(23)24/h5-17H,3-4H2,1-2H3,(H,29,31)/b28-17-. The Labute approximate surface area is 187 Å². The van der Waals surface area contributed by atoms with Crippen molar-refractivity contribution in [2.24, 2.45) is 5.10 Å². The highest BCUT2D eigenvalue weighted by atomic mass is 35.5. The molecular weight excluding hydrogens is 406 g/mol. The van der Waals surface area contributed by atoms with Crippen molar-refractivity contribution >= 4 is 51.0 Å². The van der Waals surface area contributed by atoms with Gasteiger partial charge in [-0.05, 0) is 48.9 Å².